The van der Waals surface area contributed by atoms with E-state index in [0.29, 0.717) is 0 Å². The largest absolute Gasteiger partial charge is 0.474 e. The highest BCUT2D eigenvalue weighted by Gasteiger charge is 2.41. The Morgan fingerprint density at radius 1 is 0.963 bits per heavy atom. The van der Waals surface area contributed by atoms with Crippen LogP contribution in [0.5, 0.6) is 17.2 Å². The zero-order valence-electron chi connectivity index (χ0n) is 15.2. The molecule has 2 aromatic carbocycles. The zero-order valence-corrected chi connectivity index (χ0v) is 15.9. The van der Waals surface area contributed by atoms with E-state index in [1.165, 1.54) is 5.56 Å². The van der Waals surface area contributed by atoms with Crippen molar-refractivity contribution >= 4 is 11.6 Å². The highest BCUT2D eigenvalue weighted by atomic mass is 35.5. The maximum Gasteiger partial charge on any atom is 0.231 e. The molecule has 0 unspecified atom stereocenters. The van der Waals surface area contributed by atoms with E-state index in [4.69, 9.17) is 30.5 Å². The SMILES string of the molecule is C[C@@H]1[C@@H](c2ccc(Cl)cc2)c2cc3c(cc2O[C@@H]1N1CCOCC1)OCO3. The molecule has 1 saturated heterocycles. The predicted molar refractivity (Wildman–Crippen MR) is 102 cm³/mol. The lowest BCUT2D eigenvalue weighted by atomic mass is 9.78. The first-order valence-corrected chi connectivity index (χ1v) is 9.76. The fraction of sp³-hybridized carbons (Fsp3) is 0.429. The van der Waals surface area contributed by atoms with Crippen molar-refractivity contribution < 1.29 is 18.9 Å². The predicted octanol–water partition coefficient (Wildman–Crippen LogP) is 3.89. The van der Waals surface area contributed by atoms with Gasteiger partial charge in [-0.3, -0.25) is 4.90 Å². The number of halogens is 1. The fourth-order valence-electron chi connectivity index (χ4n) is 4.36. The molecule has 5 rings (SSSR count). The molecule has 0 N–H and O–H groups in total. The summed E-state index contributed by atoms with van der Waals surface area (Å²) in [5.74, 6) is 2.85. The van der Waals surface area contributed by atoms with Crippen LogP contribution >= 0.6 is 11.6 Å². The van der Waals surface area contributed by atoms with Crippen LogP contribution in [0.25, 0.3) is 0 Å². The van der Waals surface area contributed by atoms with E-state index in [0.717, 1.165) is 54.1 Å². The van der Waals surface area contributed by atoms with E-state index in [2.05, 4.69) is 30.0 Å². The van der Waals surface area contributed by atoms with Gasteiger partial charge in [0.25, 0.3) is 0 Å². The van der Waals surface area contributed by atoms with Crippen molar-refractivity contribution in [2.24, 2.45) is 5.92 Å². The van der Waals surface area contributed by atoms with Gasteiger partial charge in [-0.25, -0.2) is 0 Å². The van der Waals surface area contributed by atoms with Crippen molar-refractivity contribution in [3.05, 3.63) is 52.5 Å². The van der Waals surface area contributed by atoms with Crippen LogP contribution < -0.4 is 14.2 Å². The van der Waals surface area contributed by atoms with Gasteiger partial charge in [0.2, 0.25) is 6.79 Å². The number of nitrogens with zero attached hydrogens (tertiary/aromatic N) is 1. The minimum atomic E-state index is -0.0116. The number of rotatable bonds is 2. The summed E-state index contributed by atoms with van der Waals surface area (Å²) in [6.45, 7) is 5.75. The van der Waals surface area contributed by atoms with Gasteiger partial charge in [0, 0.05) is 41.6 Å². The van der Waals surface area contributed by atoms with Crippen molar-refractivity contribution in [3.63, 3.8) is 0 Å². The van der Waals surface area contributed by atoms with Gasteiger partial charge in [0.05, 0.1) is 13.2 Å². The van der Waals surface area contributed by atoms with Crippen LogP contribution in [0.3, 0.4) is 0 Å². The second kappa shape index (κ2) is 6.89. The molecule has 0 amide bonds. The lowest BCUT2D eigenvalue weighted by molar-refractivity contribution is -0.0784. The third-order valence-corrected chi connectivity index (χ3v) is 5.95. The molecule has 1 fully saturated rings. The molecule has 0 spiro atoms. The van der Waals surface area contributed by atoms with E-state index in [1.54, 1.807) is 0 Å². The smallest absolute Gasteiger partial charge is 0.231 e. The summed E-state index contributed by atoms with van der Waals surface area (Å²) in [5, 5.41) is 0.745. The molecule has 0 radical (unpaired) electrons. The number of hydrogen-bond donors (Lipinski definition) is 0. The quantitative estimate of drug-likeness (QED) is 0.781. The Balaban J connectivity index is 1.59. The van der Waals surface area contributed by atoms with Crippen LogP contribution in [-0.4, -0.2) is 44.2 Å². The average molecular weight is 388 g/mol. The molecule has 0 saturated carbocycles. The molecular formula is C21H22ClNO4. The number of fused-ring (bicyclic) bond motifs is 2. The summed E-state index contributed by atoms with van der Waals surface area (Å²) < 4.78 is 23.2. The summed E-state index contributed by atoms with van der Waals surface area (Å²) in [7, 11) is 0. The maximum atomic E-state index is 6.49. The Bertz CT molecular complexity index is 835. The van der Waals surface area contributed by atoms with E-state index in [9.17, 15) is 0 Å². The topological polar surface area (TPSA) is 40.2 Å². The molecule has 0 aliphatic carbocycles. The zero-order chi connectivity index (χ0) is 18.4. The van der Waals surface area contributed by atoms with E-state index < -0.39 is 0 Å². The standard InChI is InChI=1S/C21H22ClNO4/c1-13-20(14-2-4-15(22)5-3-14)16-10-18-19(26-12-25-18)11-17(16)27-21(13)23-6-8-24-9-7-23/h2-5,10-11,13,20-21H,6-9,12H2,1H3/t13-,20+,21+/m1/s1. The van der Waals surface area contributed by atoms with Gasteiger partial charge in [0.15, 0.2) is 17.7 Å². The summed E-state index contributed by atoms with van der Waals surface area (Å²) in [4.78, 5) is 2.38. The van der Waals surface area contributed by atoms with Crippen LogP contribution in [0.2, 0.25) is 5.02 Å². The second-order valence-corrected chi connectivity index (χ2v) is 7.72. The highest BCUT2D eigenvalue weighted by Crippen LogP contribution is 2.49. The number of benzene rings is 2. The van der Waals surface area contributed by atoms with Gasteiger partial charge in [-0.05, 0) is 23.8 Å². The Morgan fingerprint density at radius 2 is 1.67 bits per heavy atom. The average Bonchev–Trinajstić information content (AvgIpc) is 3.15. The summed E-state index contributed by atoms with van der Waals surface area (Å²) in [5.41, 5.74) is 2.37. The van der Waals surface area contributed by atoms with Gasteiger partial charge >= 0.3 is 0 Å². The van der Waals surface area contributed by atoms with Crippen LogP contribution in [0.1, 0.15) is 24.0 Å². The van der Waals surface area contributed by atoms with Gasteiger partial charge in [-0.15, -0.1) is 0 Å². The first-order chi connectivity index (χ1) is 13.2. The first-order valence-electron chi connectivity index (χ1n) is 9.38. The molecule has 2 aromatic rings. The molecule has 6 heteroatoms. The van der Waals surface area contributed by atoms with E-state index in [-0.39, 0.29) is 24.9 Å². The maximum absolute atomic E-state index is 6.49. The van der Waals surface area contributed by atoms with Gasteiger partial charge in [-0.2, -0.15) is 0 Å². The monoisotopic (exact) mass is 387 g/mol. The summed E-state index contributed by atoms with van der Waals surface area (Å²) in [6.07, 6.45) is -0.0116. The minimum Gasteiger partial charge on any atom is -0.474 e. The normalized spacial score (nSPS) is 27.1. The van der Waals surface area contributed by atoms with Crippen molar-refractivity contribution in [2.45, 2.75) is 19.1 Å². The molecule has 27 heavy (non-hydrogen) atoms. The van der Waals surface area contributed by atoms with Gasteiger partial charge in [-0.1, -0.05) is 30.7 Å². The highest BCUT2D eigenvalue weighted by molar-refractivity contribution is 6.30. The molecule has 3 atom stereocenters. The molecule has 3 aliphatic heterocycles. The number of morpholine rings is 1. The molecule has 3 aliphatic rings. The Morgan fingerprint density at radius 3 is 2.41 bits per heavy atom. The van der Waals surface area contributed by atoms with Crippen molar-refractivity contribution in [3.8, 4) is 17.2 Å². The Hall–Kier alpha value is -1.95. The third kappa shape index (κ3) is 3.04. The molecular weight excluding hydrogens is 366 g/mol. The van der Waals surface area contributed by atoms with E-state index in [1.807, 2.05) is 18.2 Å². The first kappa shape index (κ1) is 17.2. The summed E-state index contributed by atoms with van der Waals surface area (Å²) >= 11 is 6.13. The van der Waals surface area contributed by atoms with Gasteiger partial charge < -0.3 is 18.9 Å². The molecule has 142 valence electrons. The van der Waals surface area contributed by atoms with Crippen molar-refractivity contribution in [1.29, 1.82) is 0 Å². The second-order valence-electron chi connectivity index (χ2n) is 7.29. The lowest BCUT2D eigenvalue weighted by Crippen LogP contribution is -2.52. The summed E-state index contributed by atoms with van der Waals surface area (Å²) in [6, 6.07) is 12.2. The minimum absolute atomic E-state index is 0.0116. The van der Waals surface area contributed by atoms with Crippen LogP contribution in [0.15, 0.2) is 36.4 Å². The number of ether oxygens (including phenoxy) is 4. The fourth-order valence-corrected chi connectivity index (χ4v) is 4.49. The molecule has 3 heterocycles. The van der Waals surface area contributed by atoms with Crippen LogP contribution in [-0.2, 0) is 4.74 Å². The lowest BCUT2D eigenvalue weighted by Gasteiger charge is -2.44. The Labute approximate surface area is 163 Å². The van der Waals surface area contributed by atoms with E-state index >= 15 is 0 Å². The third-order valence-electron chi connectivity index (χ3n) is 5.70. The van der Waals surface area contributed by atoms with Crippen molar-refractivity contribution in [2.75, 3.05) is 33.1 Å². The van der Waals surface area contributed by atoms with Crippen LogP contribution in [0, 0.1) is 5.92 Å². The van der Waals surface area contributed by atoms with Crippen LogP contribution in [0.4, 0.5) is 0 Å². The Kier molecular flexibility index (Phi) is 4.38. The molecule has 5 nitrogen and oxygen atoms in total. The van der Waals surface area contributed by atoms with Gasteiger partial charge in [0.1, 0.15) is 5.75 Å². The number of hydrogen-bond acceptors (Lipinski definition) is 5. The van der Waals surface area contributed by atoms with Crippen molar-refractivity contribution in [1.82, 2.24) is 4.90 Å². The molecule has 0 bridgehead atoms. The molecule has 0 aromatic heterocycles.